The number of hydrogen-bond donors (Lipinski definition) is 1. The van der Waals surface area contributed by atoms with Gasteiger partial charge in [0.1, 0.15) is 29.7 Å². The number of nitrogens with one attached hydrogen (secondary N) is 1. The summed E-state index contributed by atoms with van der Waals surface area (Å²) in [5.41, 5.74) is -0.629. The van der Waals surface area contributed by atoms with Gasteiger partial charge in [0, 0.05) is 28.7 Å². The number of alkyl halides is 4. The predicted octanol–water partition coefficient (Wildman–Crippen LogP) is 5.99. The van der Waals surface area contributed by atoms with Crippen molar-refractivity contribution < 1.29 is 52.4 Å². The van der Waals surface area contributed by atoms with Crippen molar-refractivity contribution in [2.24, 2.45) is 10.1 Å². The molecule has 0 spiro atoms. The first-order valence-electron chi connectivity index (χ1n) is 14.5. The van der Waals surface area contributed by atoms with E-state index in [4.69, 9.17) is 10.7 Å². The first-order valence-corrected chi connectivity index (χ1v) is 18.2. The van der Waals surface area contributed by atoms with E-state index in [-0.39, 0.29) is 29.3 Å². The molecule has 0 aromatic heterocycles. The summed E-state index contributed by atoms with van der Waals surface area (Å²) in [6.45, 7) is 2.44. The number of hydrogen-bond acceptors (Lipinski definition) is 7. The van der Waals surface area contributed by atoms with Crippen molar-refractivity contribution in [2.45, 2.75) is 73.3 Å². The molecule has 19 heteroatoms. The lowest BCUT2D eigenvalue weighted by Gasteiger charge is -2.23. The van der Waals surface area contributed by atoms with E-state index < -0.39 is 101 Å². The normalized spacial score (nSPS) is 21.4. The number of nitrogens with zero attached hydrogens (tertiary/aromatic N) is 3. The van der Waals surface area contributed by atoms with Gasteiger partial charge in [-0.2, -0.15) is 22.6 Å². The molecule has 4 atom stereocenters. The van der Waals surface area contributed by atoms with Crippen LogP contribution in [0.25, 0.3) is 0 Å². The SMILES string of the molecule is CC/C=C(F)\C=C\C(C)N=C/C(=N\NC(=O)[C@@H]1[C@@H](F)CCN1S(=O)(=O)c1ccc(F)c2c1C2Cc1cc(F)ccc1S(=O)(=O)Cl)C(F)(F)F. The number of hydrazone groups is 1. The number of amides is 1. The van der Waals surface area contributed by atoms with Crippen molar-refractivity contribution >= 4 is 47.6 Å². The number of carbonyl (C=O) groups is 1. The topological polar surface area (TPSA) is 125 Å². The summed E-state index contributed by atoms with van der Waals surface area (Å²) in [4.78, 5) is 15.5. The Bertz CT molecular complexity index is 1970. The Kier molecular flexibility index (Phi) is 11.5. The van der Waals surface area contributed by atoms with Gasteiger partial charge in [0.05, 0.1) is 22.0 Å². The van der Waals surface area contributed by atoms with Crippen LogP contribution in [0, 0.1) is 11.6 Å². The van der Waals surface area contributed by atoms with Crippen LogP contribution in [0.4, 0.5) is 30.7 Å². The number of rotatable bonds is 12. The Morgan fingerprint density at radius 3 is 2.43 bits per heavy atom. The minimum Gasteiger partial charge on any atom is -0.284 e. The lowest BCUT2D eigenvalue weighted by atomic mass is 10.1. The Balaban J connectivity index is 1.59. The highest BCUT2D eigenvalue weighted by molar-refractivity contribution is 8.13. The van der Waals surface area contributed by atoms with E-state index in [0.29, 0.717) is 10.7 Å². The van der Waals surface area contributed by atoms with Crippen molar-refractivity contribution in [3.8, 4) is 0 Å². The van der Waals surface area contributed by atoms with Crippen LogP contribution >= 0.6 is 10.7 Å². The molecular formula is C30H28ClF7N4O5S2. The lowest BCUT2D eigenvalue weighted by molar-refractivity contribution is -0.125. The number of fused-ring (bicyclic) bond motifs is 1. The standard InChI is InChI=1S/C30H28ClF7N4O5S2/c1-3-4-18(32)6-5-16(2)39-15-25(30(36,37)38)40-41-29(43)28-22(35)11-12-42(28)49(46,47)24-10-8-21(34)26-20(27(24)26)14-17-13-19(33)7-9-23(17)48(31,44)45/h4-10,13,15-16,20,22,28H,3,11-12,14H2,1-2H3,(H,41,43)/b6-5+,18-4+,39-15?,40-25+/t16?,20?,22-,28-/m0/s1. The molecule has 1 saturated heterocycles. The van der Waals surface area contributed by atoms with Crippen LogP contribution in [-0.2, 0) is 30.3 Å². The number of aliphatic imine (C=N–C) groups is 1. The summed E-state index contributed by atoms with van der Waals surface area (Å²) in [5, 5.41) is 3.00. The van der Waals surface area contributed by atoms with E-state index in [0.717, 1.165) is 36.4 Å². The summed E-state index contributed by atoms with van der Waals surface area (Å²) in [6.07, 6.45) is -4.19. The van der Waals surface area contributed by atoms with Gasteiger partial charge >= 0.3 is 6.18 Å². The molecule has 9 nitrogen and oxygen atoms in total. The zero-order valence-corrected chi connectivity index (χ0v) is 27.9. The molecule has 49 heavy (non-hydrogen) atoms. The van der Waals surface area contributed by atoms with Crippen molar-refractivity contribution in [2.75, 3.05) is 6.54 Å². The average Bonchev–Trinajstić information content (AvgIpc) is 3.55. The highest BCUT2D eigenvalue weighted by atomic mass is 35.7. The molecule has 1 aliphatic heterocycles. The fourth-order valence-electron chi connectivity index (χ4n) is 5.29. The number of sulfonamides is 1. The molecule has 4 rings (SSSR count). The van der Waals surface area contributed by atoms with Gasteiger partial charge < -0.3 is 0 Å². The van der Waals surface area contributed by atoms with Gasteiger partial charge in [-0.1, -0.05) is 13.0 Å². The summed E-state index contributed by atoms with van der Waals surface area (Å²) >= 11 is 0. The molecule has 2 aromatic rings. The largest absolute Gasteiger partial charge is 0.436 e. The van der Waals surface area contributed by atoms with Gasteiger partial charge in [-0.15, -0.1) is 0 Å². The van der Waals surface area contributed by atoms with E-state index in [1.165, 1.54) is 19.1 Å². The molecule has 1 N–H and O–H groups in total. The fourth-order valence-corrected chi connectivity index (χ4v) is 8.32. The molecule has 2 unspecified atom stereocenters. The number of allylic oxidation sites excluding steroid dienone is 3. The van der Waals surface area contributed by atoms with E-state index in [2.05, 4.69) is 10.1 Å². The Hall–Kier alpha value is -3.61. The molecule has 0 radical (unpaired) electrons. The Morgan fingerprint density at radius 1 is 1.12 bits per heavy atom. The molecule has 0 saturated carbocycles. The van der Waals surface area contributed by atoms with E-state index in [9.17, 15) is 48.0 Å². The second kappa shape index (κ2) is 14.7. The molecule has 0 bridgehead atoms. The summed E-state index contributed by atoms with van der Waals surface area (Å²) in [6, 6.07) is 1.09. The second-order valence-corrected chi connectivity index (χ2v) is 15.4. The lowest BCUT2D eigenvalue weighted by Crippen LogP contribution is -2.48. The quantitative estimate of drug-likeness (QED) is 0.0937. The van der Waals surface area contributed by atoms with Crippen LogP contribution in [-0.4, -0.2) is 70.0 Å². The maximum absolute atomic E-state index is 15.0. The smallest absolute Gasteiger partial charge is 0.284 e. The van der Waals surface area contributed by atoms with E-state index in [1.54, 1.807) is 12.3 Å². The van der Waals surface area contributed by atoms with Crippen molar-refractivity contribution in [3.63, 3.8) is 0 Å². The predicted molar refractivity (Wildman–Crippen MR) is 167 cm³/mol. The van der Waals surface area contributed by atoms with E-state index >= 15 is 4.39 Å². The zero-order chi connectivity index (χ0) is 36.5. The van der Waals surface area contributed by atoms with Gasteiger partial charge in [-0.25, -0.2) is 39.8 Å². The van der Waals surface area contributed by atoms with E-state index in [1.807, 2.05) is 0 Å². The third kappa shape index (κ3) is 8.77. The van der Waals surface area contributed by atoms with Crippen molar-refractivity contribution in [3.05, 3.63) is 82.7 Å². The molecular weight excluding hydrogens is 729 g/mol. The minimum atomic E-state index is -5.17. The Morgan fingerprint density at radius 2 is 1.80 bits per heavy atom. The molecule has 1 aliphatic carbocycles. The third-order valence-electron chi connectivity index (χ3n) is 7.59. The van der Waals surface area contributed by atoms with Gasteiger partial charge in [-0.3, -0.25) is 9.79 Å². The fraction of sp³-hybridized carbons (Fsp3) is 0.367. The molecule has 1 amide bonds. The van der Waals surface area contributed by atoms with Gasteiger partial charge in [0.15, 0.2) is 5.71 Å². The van der Waals surface area contributed by atoms with Crippen LogP contribution < -0.4 is 5.43 Å². The molecule has 2 aromatic carbocycles. The van der Waals surface area contributed by atoms with Crippen molar-refractivity contribution in [1.82, 2.24) is 9.73 Å². The first kappa shape index (κ1) is 38.2. The summed E-state index contributed by atoms with van der Waals surface area (Å²) in [5.74, 6) is -4.95. The van der Waals surface area contributed by atoms with Gasteiger partial charge in [0.25, 0.3) is 15.0 Å². The summed E-state index contributed by atoms with van der Waals surface area (Å²) in [7, 11) is -3.77. The first-order chi connectivity index (χ1) is 22.8. The minimum absolute atomic E-state index is 0.134. The highest BCUT2D eigenvalue weighted by Gasteiger charge is 2.50. The molecule has 1 heterocycles. The summed E-state index contributed by atoms with van der Waals surface area (Å²) < 4.78 is 150. The van der Waals surface area contributed by atoms with Crippen LogP contribution in [0.5, 0.6) is 0 Å². The number of benzene rings is 2. The zero-order valence-electron chi connectivity index (χ0n) is 25.6. The van der Waals surface area contributed by atoms with Gasteiger partial charge in [0.2, 0.25) is 10.0 Å². The number of halogens is 8. The Labute approximate surface area is 281 Å². The van der Waals surface area contributed by atoms with Crippen LogP contribution in [0.2, 0.25) is 0 Å². The van der Waals surface area contributed by atoms with Crippen LogP contribution in [0.1, 0.15) is 49.3 Å². The highest BCUT2D eigenvalue weighted by Crippen LogP contribution is 2.52. The average molecular weight is 757 g/mol. The number of carbonyl (C=O) groups excluding carboxylic acids is 1. The molecule has 1 fully saturated rings. The monoisotopic (exact) mass is 756 g/mol. The second-order valence-electron chi connectivity index (χ2n) is 11.0. The third-order valence-corrected chi connectivity index (χ3v) is 11.0. The maximum Gasteiger partial charge on any atom is 0.436 e. The van der Waals surface area contributed by atoms with Gasteiger partial charge in [-0.05, 0) is 79.8 Å². The van der Waals surface area contributed by atoms with Crippen molar-refractivity contribution in [1.29, 1.82) is 0 Å². The molecule has 2 aliphatic rings. The van der Waals surface area contributed by atoms with Crippen LogP contribution in [0.15, 0.2) is 74.3 Å². The molecule has 266 valence electrons. The maximum atomic E-state index is 15.0. The van der Waals surface area contributed by atoms with Crippen LogP contribution in [0.3, 0.4) is 0 Å².